The zero-order chi connectivity index (χ0) is 12.3. The van der Waals surface area contributed by atoms with Gasteiger partial charge in [-0.3, -0.25) is 0 Å². The second-order valence-corrected chi connectivity index (χ2v) is 4.19. The number of halogens is 5. The zero-order valence-corrected chi connectivity index (χ0v) is 11.7. The van der Waals surface area contributed by atoms with Crippen molar-refractivity contribution in [3.8, 4) is 11.5 Å². The van der Waals surface area contributed by atoms with Crippen LogP contribution in [-0.2, 0) is 5.33 Å². The molecule has 0 N–H and O–H groups in total. The van der Waals surface area contributed by atoms with Crippen LogP contribution in [0.3, 0.4) is 0 Å². The summed E-state index contributed by atoms with van der Waals surface area (Å²) in [6.45, 7) is 0. The number of aromatic nitrogens is 1. The number of nitrogens with zero attached hydrogens (tertiary/aromatic N) is 1. The van der Waals surface area contributed by atoms with E-state index in [2.05, 4.69) is 25.7 Å². The van der Waals surface area contributed by atoms with E-state index in [1.54, 1.807) is 0 Å². The molecule has 1 heterocycles. The summed E-state index contributed by atoms with van der Waals surface area (Å²) in [5.41, 5.74) is 0.303. The fraction of sp³-hybridized carbons (Fsp3) is 0.375. The first-order valence-electron chi connectivity index (χ1n) is 3.92. The average molecular weight is 412 g/mol. The SMILES string of the molecule is COc1cnc(I)c(CBr)c1OC(F)(F)F. The number of methoxy groups -OCH3 is 1. The summed E-state index contributed by atoms with van der Waals surface area (Å²) in [4.78, 5) is 3.90. The molecule has 0 amide bonds. The molecule has 0 atom stereocenters. The summed E-state index contributed by atoms with van der Waals surface area (Å²) in [6, 6.07) is 0. The van der Waals surface area contributed by atoms with Crippen LogP contribution in [0.1, 0.15) is 5.56 Å². The maximum Gasteiger partial charge on any atom is 0.573 e. The predicted molar refractivity (Wildman–Crippen MR) is 62.8 cm³/mol. The third kappa shape index (κ3) is 3.37. The lowest BCUT2D eigenvalue weighted by Crippen LogP contribution is -2.19. The van der Waals surface area contributed by atoms with Crippen LogP contribution in [0.15, 0.2) is 6.20 Å². The minimum absolute atomic E-state index is 0.0489. The maximum absolute atomic E-state index is 12.2. The highest BCUT2D eigenvalue weighted by Crippen LogP contribution is 2.37. The fourth-order valence-electron chi connectivity index (χ4n) is 0.983. The van der Waals surface area contributed by atoms with Gasteiger partial charge in [0.1, 0.15) is 3.70 Å². The van der Waals surface area contributed by atoms with Gasteiger partial charge in [0, 0.05) is 10.9 Å². The van der Waals surface area contributed by atoms with Crippen molar-refractivity contribution in [3.05, 3.63) is 15.5 Å². The molecule has 1 rings (SSSR count). The van der Waals surface area contributed by atoms with E-state index < -0.39 is 6.36 Å². The van der Waals surface area contributed by atoms with E-state index in [1.165, 1.54) is 13.3 Å². The number of alkyl halides is 4. The average Bonchev–Trinajstić information content (AvgIpc) is 2.16. The van der Waals surface area contributed by atoms with Crippen LogP contribution in [0.2, 0.25) is 0 Å². The molecule has 3 nitrogen and oxygen atoms in total. The van der Waals surface area contributed by atoms with Crippen LogP contribution < -0.4 is 9.47 Å². The van der Waals surface area contributed by atoms with E-state index in [0.29, 0.717) is 9.26 Å². The first-order chi connectivity index (χ1) is 7.39. The Morgan fingerprint density at radius 3 is 2.56 bits per heavy atom. The number of hydrogen-bond donors (Lipinski definition) is 0. The minimum Gasteiger partial charge on any atom is -0.491 e. The molecule has 16 heavy (non-hydrogen) atoms. The summed E-state index contributed by atoms with van der Waals surface area (Å²) in [7, 11) is 1.26. The van der Waals surface area contributed by atoms with Gasteiger partial charge in [-0.05, 0) is 22.6 Å². The number of hydrogen-bond acceptors (Lipinski definition) is 3. The molecule has 0 fully saturated rings. The lowest BCUT2D eigenvalue weighted by Gasteiger charge is -2.15. The Labute approximate surface area is 112 Å². The Morgan fingerprint density at radius 2 is 2.12 bits per heavy atom. The van der Waals surface area contributed by atoms with E-state index in [1.807, 2.05) is 22.6 Å². The monoisotopic (exact) mass is 411 g/mol. The van der Waals surface area contributed by atoms with Crippen molar-refractivity contribution in [2.45, 2.75) is 11.7 Å². The Balaban J connectivity index is 3.25. The standard InChI is InChI=1S/C8H6BrF3INO2/c1-15-5-3-14-7(13)4(2-9)6(5)16-8(10,11)12/h3H,2H2,1H3. The van der Waals surface area contributed by atoms with Crippen LogP contribution in [0.25, 0.3) is 0 Å². The Morgan fingerprint density at radius 1 is 1.50 bits per heavy atom. The van der Waals surface area contributed by atoms with Crippen molar-refractivity contribution in [1.29, 1.82) is 0 Å². The van der Waals surface area contributed by atoms with Gasteiger partial charge in [-0.1, -0.05) is 15.9 Å². The van der Waals surface area contributed by atoms with Gasteiger partial charge in [-0.2, -0.15) is 0 Å². The van der Waals surface area contributed by atoms with Crippen LogP contribution in [0.4, 0.5) is 13.2 Å². The molecule has 1 aromatic heterocycles. The topological polar surface area (TPSA) is 31.4 Å². The molecule has 0 aliphatic carbocycles. The lowest BCUT2D eigenvalue weighted by atomic mass is 10.3. The highest BCUT2D eigenvalue weighted by Gasteiger charge is 2.34. The molecule has 0 unspecified atom stereocenters. The molecule has 0 aliphatic rings. The Bertz CT molecular complexity index is 386. The predicted octanol–water partition coefficient (Wildman–Crippen LogP) is 3.49. The van der Waals surface area contributed by atoms with E-state index in [9.17, 15) is 13.2 Å². The van der Waals surface area contributed by atoms with Crippen LogP contribution in [-0.4, -0.2) is 18.5 Å². The van der Waals surface area contributed by atoms with Crippen molar-refractivity contribution in [2.75, 3.05) is 7.11 Å². The molecule has 1 aromatic rings. The molecule has 8 heteroatoms. The van der Waals surface area contributed by atoms with Crippen molar-refractivity contribution >= 4 is 38.5 Å². The summed E-state index contributed by atoms with van der Waals surface area (Å²) in [5.74, 6) is -0.404. The van der Waals surface area contributed by atoms with Crippen molar-refractivity contribution in [2.24, 2.45) is 0 Å². The molecule has 0 saturated heterocycles. The van der Waals surface area contributed by atoms with Gasteiger partial charge in [0.25, 0.3) is 0 Å². The van der Waals surface area contributed by atoms with Gasteiger partial charge < -0.3 is 9.47 Å². The summed E-state index contributed by atoms with van der Waals surface area (Å²) in [5, 5.41) is 0.195. The van der Waals surface area contributed by atoms with E-state index in [-0.39, 0.29) is 16.8 Å². The molecule has 90 valence electrons. The third-order valence-corrected chi connectivity index (χ3v) is 3.10. The lowest BCUT2D eigenvalue weighted by molar-refractivity contribution is -0.275. The number of pyridine rings is 1. The largest absolute Gasteiger partial charge is 0.573 e. The zero-order valence-electron chi connectivity index (χ0n) is 7.94. The fourth-order valence-corrected chi connectivity index (χ4v) is 2.60. The number of ether oxygens (including phenoxy) is 2. The number of rotatable bonds is 3. The van der Waals surface area contributed by atoms with E-state index >= 15 is 0 Å². The van der Waals surface area contributed by atoms with Crippen LogP contribution >= 0.6 is 38.5 Å². The Hall–Kier alpha value is -0.250. The van der Waals surface area contributed by atoms with Gasteiger partial charge in [-0.25, -0.2) is 4.98 Å². The quantitative estimate of drug-likeness (QED) is 0.433. The van der Waals surface area contributed by atoms with Crippen molar-refractivity contribution < 1.29 is 22.6 Å². The second kappa shape index (κ2) is 5.39. The van der Waals surface area contributed by atoms with Gasteiger partial charge in [0.2, 0.25) is 0 Å². The van der Waals surface area contributed by atoms with Crippen LogP contribution in [0, 0.1) is 3.70 Å². The maximum atomic E-state index is 12.2. The highest BCUT2D eigenvalue weighted by molar-refractivity contribution is 14.1. The molecule has 0 aromatic carbocycles. The molecule has 0 radical (unpaired) electrons. The smallest absolute Gasteiger partial charge is 0.491 e. The third-order valence-electron chi connectivity index (χ3n) is 1.61. The first-order valence-corrected chi connectivity index (χ1v) is 6.12. The van der Waals surface area contributed by atoms with E-state index in [0.717, 1.165) is 0 Å². The summed E-state index contributed by atoms with van der Waals surface area (Å²) < 4.78 is 45.7. The molecule has 0 spiro atoms. The first kappa shape index (κ1) is 13.8. The van der Waals surface area contributed by atoms with E-state index in [4.69, 9.17) is 4.74 Å². The molecule has 0 bridgehead atoms. The minimum atomic E-state index is -4.76. The molecule has 0 aliphatic heterocycles. The van der Waals surface area contributed by atoms with Gasteiger partial charge in [0.05, 0.1) is 13.3 Å². The summed E-state index contributed by atoms with van der Waals surface area (Å²) >= 11 is 4.91. The highest BCUT2D eigenvalue weighted by atomic mass is 127. The normalized spacial score (nSPS) is 11.4. The molecular formula is C8H6BrF3INO2. The van der Waals surface area contributed by atoms with Gasteiger partial charge >= 0.3 is 6.36 Å². The molecular weight excluding hydrogens is 406 g/mol. The Kier molecular flexibility index (Phi) is 4.65. The van der Waals surface area contributed by atoms with Crippen molar-refractivity contribution in [1.82, 2.24) is 4.98 Å². The van der Waals surface area contributed by atoms with Gasteiger partial charge in [-0.15, -0.1) is 13.2 Å². The van der Waals surface area contributed by atoms with Crippen molar-refractivity contribution in [3.63, 3.8) is 0 Å². The van der Waals surface area contributed by atoms with Gasteiger partial charge in [0.15, 0.2) is 11.5 Å². The second-order valence-electron chi connectivity index (χ2n) is 2.61. The van der Waals surface area contributed by atoms with Crippen LogP contribution in [0.5, 0.6) is 11.5 Å². The molecule has 0 saturated carbocycles. The summed E-state index contributed by atoms with van der Waals surface area (Å²) in [6.07, 6.45) is -3.57.